The van der Waals surface area contributed by atoms with Gasteiger partial charge in [0.2, 0.25) is 0 Å². The quantitative estimate of drug-likeness (QED) is 0.568. The van der Waals surface area contributed by atoms with Gasteiger partial charge < -0.3 is 18.7 Å². The van der Waals surface area contributed by atoms with Crippen molar-refractivity contribution in [3.8, 4) is 11.5 Å². The first-order valence-electron chi connectivity index (χ1n) is 5.32. The monoisotopic (exact) mass is 330 g/mol. The number of methoxy groups -OCH3 is 1. The SMILES string of the molecule is COc1c2ccoc2c([O-])c2oc(C)cc(=O)c12.[Rb+]. The topological polar surface area (TPSA) is 75.6 Å². The van der Waals surface area contributed by atoms with E-state index in [0.717, 1.165) is 0 Å². The molecule has 0 unspecified atom stereocenters. The van der Waals surface area contributed by atoms with Crippen molar-refractivity contribution in [1.29, 1.82) is 0 Å². The zero-order chi connectivity index (χ0) is 12.9. The van der Waals surface area contributed by atoms with Crippen molar-refractivity contribution in [2.45, 2.75) is 6.92 Å². The summed E-state index contributed by atoms with van der Waals surface area (Å²) in [4.78, 5) is 12.0. The van der Waals surface area contributed by atoms with Crippen molar-refractivity contribution >= 4 is 21.9 Å². The van der Waals surface area contributed by atoms with Crippen LogP contribution in [0.15, 0.2) is 32.0 Å². The third kappa shape index (κ3) is 2.18. The normalized spacial score (nSPS) is 10.6. The second kappa shape index (κ2) is 5.40. The van der Waals surface area contributed by atoms with E-state index in [-0.39, 0.29) is 80.2 Å². The maximum Gasteiger partial charge on any atom is 1.00 e. The summed E-state index contributed by atoms with van der Waals surface area (Å²) in [6, 6.07) is 2.92. The van der Waals surface area contributed by atoms with Crippen molar-refractivity contribution in [2.24, 2.45) is 0 Å². The number of aryl methyl sites for hydroxylation is 1. The summed E-state index contributed by atoms with van der Waals surface area (Å²) in [5, 5.41) is 12.8. The predicted molar refractivity (Wildman–Crippen MR) is 63.0 cm³/mol. The minimum atomic E-state index is -0.438. The molecule has 0 fully saturated rings. The number of fused-ring (bicyclic) bond motifs is 2. The van der Waals surface area contributed by atoms with E-state index in [1.54, 1.807) is 13.0 Å². The fraction of sp³-hybridized carbons (Fsp3) is 0.154. The second-order valence-corrected chi connectivity index (χ2v) is 3.95. The van der Waals surface area contributed by atoms with Gasteiger partial charge in [0.05, 0.1) is 18.8 Å². The molecule has 0 N–H and O–H groups in total. The molecule has 0 radical (unpaired) electrons. The fourth-order valence-electron chi connectivity index (χ4n) is 2.10. The van der Waals surface area contributed by atoms with Crippen molar-refractivity contribution in [1.82, 2.24) is 0 Å². The van der Waals surface area contributed by atoms with E-state index in [9.17, 15) is 9.90 Å². The van der Waals surface area contributed by atoms with Gasteiger partial charge in [0.1, 0.15) is 28.1 Å². The molecule has 5 nitrogen and oxygen atoms in total. The number of hydrogen-bond donors (Lipinski definition) is 0. The smallest absolute Gasteiger partial charge is 0.867 e. The average Bonchev–Trinajstić information content (AvgIpc) is 2.80. The van der Waals surface area contributed by atoms with Gasteiger partial charge in [0.25, 0.3) is 0 Å². The van der Waals surface area contributed by atoms with Crippen molar-refractivity contribution in [3.63, 3.8) is 0 Å². The molecule has 3 rings (SSSR count). The summed E-state index contributed by atoms with van der Waals surface area (Å²) in [5.74, 6) is 0.242. The number of ether oxygens (including phenoxy) is 1. The molecule has 0 bridgehead atoms. The van der Waals surface area contributed by atoms with Crippen LogP contribution in [0.3, 0.4) is 0 Å². The Morgan fingerprint density at radius 2 is 2.05 bits per heavy atom. The molecule has 0 saturated carbocycles. The van der Waals surface area contributed by atoms with E-state index in [2.05, 4.69) is 0 Å². The van der Waals surface area contributed by atoms with Crippen LogP contribution in [0.1, 0.15) is 5.76 Å². The van der Waals surface area contributed by atoms with E-state index < -0.39 is 5.75 Å². The third-order valence-electron chi connectivity index (χ3n) is 2.82. The van der Waals surface area contributed by atoms with Gasteiger partial charge in [-0.2, -0.15) is 0 Å². The van der Waals surface area contributed by atoms with Crippen LogP contribution >= 0.6 is 0 Å². The Kier molecular flexibility index (Phi) is 4.20. The van der Waals surface area contributed by atoms with Crippen molar-refractivity contribution in [3.05, 3.63) is 34.4 Å². The molecule has 0 amide bonds. The molecule has 0 atom stereocenters. The predicted octanol–water partition coefficient (Wildman–Crippen LogP) is -1.07. The number of furan rings is 1. The first-order chi connectivity index (χ1) is 8.63. The van der Waals surface area contributed by atoms with Crippen LogP contribution in [0.25, 0.3) is 21.9 Å². The Morgan fingerprint density at radius 3 is 2.74 bits per heavy atom. The maximum atomic E-state index is 12.1. The standard InChI is InChI=1S/C13H10O5.Rb/c1-6-5-8(14)9-11(16-2)7-3-4-17-12(7)10(15)13(9)18-6;/h3-5,15H,1-2H3;/q;+1/p-1. The Balaban J connectivity index is 0.00000133. The van der Waals surface area contributed by atoms with Crippen LogP contribution in [0, 0.1) is 6.92 Å². The molecule has 0 aliphatic rings. The van der Waals surface area contributed by atoms with Gasteiger partial charge in [-0.25, -0.2) is 0 Å². The van der Waals surface area contributed by atoms with Gasteiger partial charge in [-0.3, -0.25) is 4.79 Å². The van der Waals surface area contributed by atoms with E-state index in [4.69, 9.17) is 13.6 Å². The summed E-state index contributed by atoms with van der Waals surface area (Å²) >= 11 is 0. The van der Waals surface area contributed by atoms with Crippen LogP contribution < -0.4 is 73.5 Å². The summed E-state index contributed by atoms with van der Waals surface area (Å²) < 4.78 is 15.7. The number of benzene rings is 1. The minimum absolute atomic E-state index is 0. The summed E-state index contributed by atoms with van der Waals surface area (Å²) in [5.41, 5.74) is -0.196. The molecular weight excluding hydrogens is 322 g/mol. The summed E-state index contributed by atoms with van der Waals surface area (Å²) in [7, 11) is 1.44. The number of hydrogen-bond acceptors (Lipinski definition) is 5. The fourth-order valence-corrected chi connectivity index (χ4v) is 2.10. The minimum Gasteiger partial charge on any atom is -0.867 e. The average molecular weight is 331 g/mol. The van der Waals surface area contributed by atoms with Gasteiger partial charge in [0, 0.05) is 6.07 Å². The summed E-state index contributed by atoms with van der Waals surface area (Å²) in [6.45, 7) is 1.61. The molecule has 0 spiro atoms. The van der Waals surface area contributed by atoms with E-state index >= 15 is 0 Å². The Bertz CT molecular complexity index is 815. The Labute approximate surface area is 156 Å². The zero-order valence-electron chi connectivity index (χ0n) is 10.8. The van der Waals surface area contributed by atoms with Crippen molar-refractivity contribution in [2.75, 3.05) is 7.11 Å². The third-order valence-corrected chi connectivity index (χ3v) is 2.82. The van der Waals surface area contributed by atoms with Gasteiger partial charge >= 0.3 is 58.2 Å². The molecule has 3 aromatic rings. The van der Waals surface area contributed by atoms with Crippen LogP contribution in [0.5, 0.6) is 11.5 Å². The molecule has 0 aliphatic heterocycles. The second-order valence-electron chi connectivity index (χ2n) is 3.95. The van der Waals surface area contributed by atoms with E-state index in [1.165, 1.54) is 19.4 Å². The number of rotatable bonds is 1. The first-order valence-corrected chi connectivity index (χ1v) is 5.32. The van der Waals surface area contributed by atoms with E-state index in [0.29, 0.717) is 16.9 Å². The molecule has 19 heavy (non-hydrogen) atoms. The Hall–Kier alpha value is -0.625. The molecule has 1 aromatic carbocycles. The van der Waals surface area contributed by atoms with Crippen LogP contribution in [0.2, 0.25) is 0 Å². The summed E-state index contributed by atoms with van der Waals surface area (Å²) in [6.07, 6.45) is 1.38. The van der Waals surface area contributed by atoms with Crippen LogP contribution in [-0.2, 0) is 0 Å². The van der Waals surface area contributed by atoms with Gasteiger partial charge in [0.15, 0.2) is 5.43 Å². The molecular formula is C13H9O5Rb. The Morgan fingerprint density at radius 1 is 1.32 bits per heavy atom. The van der Waals surface area contributed by atoms with Gasteiger partial charge in [-0.15, -0.1) is 0 Å². The first kappa shape index (κ1) is 14.8. The van der Waals surface area contributed by atoms with Gasteiger partial charge in [-0.05, 0) is 18.7 Å². The molecule has 2 aromatic heterocycles. The maximum absolute atomic E-state index is 12.1. The molecule has 92 valence electrons. The van der Waals surface area contributed by atoms with Crippen LogP contribution in [0.4, 0.5) is 0 Å². The zero-order valence-corrected chi connectivity index (χ0v) is 15.7. The molecule has 0 saturated heterocycles. The van der Waals surface area contributed by atoms with Gasteiger partial charge in [-0.1, -0.05) is 0 Å². The molecule has 6 heteroatoms. The largest absolute Gasteiger partial charge is 1.00 e. The molecule has 2 heterocycles. The van der Waals surface area contributed by atoms with Crippen LogP contribution in [-0.4, -0.2) is 7.11 Å². The van der Waals surface area contributed by atoms with E-state index in [1.807, 2.05) is 0 Å². The molecule has 0 aliphatic carbocycles. The van der Waals surface area contributed by atoms with Crippen molar-refractivity contribution < 1.29 is 76.9 Å².